The van der Waals surface area contributed by atoms with E-state index in [1.165, 1.54) is 16.3 Å². The van der Waals surface area contributed by atoms with Crippen molar-refractivity contribution in [1.82, 2.24) is 0 Å². The van der Waals surface area contributed by atoms with Gasteiger partial charge >= 0.3 is 0 Å². The number of rotatable bonds is 4. The summed E-state index contributed by atoms with van der Waals surface area (Å²) in [5.41, 5.74) is 12.4. The standard InChI is InChI=1S/C46H29BN2O2/c1-4-14-30(15-5-1)48(31-16-6-2-7-17-31)38-27-26-33-35-28-44-37(47-36-21-10-11-23-41(36)50-42-24-13-25-43(51-44)46(42)47)29-40(35)49(32-18-8-3-9-19-32)39-22-12-20-34(38)45(33)39/h1-29H. The zero-order valence-corrected chi connectivity index (χ0v) is 27.5. The molecule has 238 valence electrons. The topological polar surface area (TPSA) is 24.9 Å². The van der Waals surface area contributed by atoms with Gasteiger partial charge in [-0.1, -0.05) is 97.1 Å². The monoisotopic (exact) mass is 652 g/mol. The van der Waals surface area contributed by atoms with Crippen molar-refractivity contribution in [3.05, 3.63) is 176 Å². The van der Waals surface area contributed by atoms with Crippen molar-refractivity contribution in [3.63, 3.8) is 0 Å². The summed E-state index contributed by atoms with van der Waals surface area (Å²) in [5.74, 6) is 3.46. The first-order chi connectivity index (χ1) is 25.3. The second-order valence-electron chi connectivity index (χ2n) is 13.3. The van der Waals surface area contributed by atoms with Crippen LogP contribution in [0.2, 0.25) is 0 Å². The molecule has 0 aromatic heterocycles. The van der Waals surface area contributed by atoms with Gasteiger partial charge in [0.05, 0.1) is 17.1 Å². The SMILES string of the molecule is c1ccc(N(c2ccccc2)c2ccc3c4c(cccc24)N(c2ccccc2)c2cc4c(cc2-3)Oc2cccc3c2B4c2ccccc2O3)cc1. The molecule has 3 aliphatic rings. The maximum atomic E-state index is 6.80. The van der Waals surface area contributed by atoms with E-state index in [9.17, 15) is 0 Å². The fraction of sp³-hybridized carbons (Fsp3) is 0. The van der Waals surface area contributed by atoms with Crippen LogP contribution < -0.4 is 35.7 Å². The van der Waals surface area contributed by atoms with Gasteiger partial charge in [-0.25, -0.2) is 0 Å². The molecule has 0 spiro atoms. The van der Waals surface area contributed by atoms with Crippen molar-refractivity contribution in [2.75, 3.05) is 9.80 Å². The van der Waals surface area contributed by atoms with Gasteiger partial charge in [0, 0.05) is 38.9 Å². The molecule has 0 fully saturated rings. The average Bonchev–Trinajstić information content (AvgIpc) is 3.19. The molecule has 0 saturated heterocycles. The van der Waals surface area contributed by atoms with Gasteiger partial charge in [0.25, 0.3) is 6.71 Å². The largest absolute Gasteiger partial charge is 0.458 e. The number of hydrogen-bond donors (Lipinski definition) is 0. The van der Waals surface area contributed by atoms with Crippen molar-refractivity contribution in [2.45, 2.75) is 0 Å². The highest BCUT2D eigenvalue weighted by Gasteiger charge is 2.41. The molecule has 8 aromatic carbocycles. The van der Waals surface area contributed by atoms with Crippen LogP contribution in [0.5, 0.6) is 23.0 Å². The zero-order valence-electron chi connectivity index (χ0n) is 27.5. The van der Waals surface area contributed by atoms with Crippen molar-refractivity contribution >= 4 is 68.0 Å². The lowest BCUT2D eigenvalue weighted by molar-refractivity contribution is 0.464. The first-order valence-corrected chi connectivity index (χ1v) is 17.4. The van der Waals surface area contributed by atoms with E-state index >= 15 is 0 Å². The Balaban J connectivity index is 1.19. The summed E-state index contributed by atoms with van der Waals surface area (Å²) in [6.07, 6.45) is 0. The van der Waals surface area contributed by atoms with Gasteiger partial charge in [0.15, 0.2) is 0 Å². The van der Waals surface area contributed by atoms with Gasteiger partial charge in [0.2, 0.25) is 0 Å². The third-order valence-corrected chi connectivity index (χ3v) is 10.5. The number of anilines is 6. The number of ether oxygens (including phenoxy) is 2. The van der Waals surface area contributed by atoms with E-state index in [2.05, 4.69) is 168 Å². The molecule has 51 heavy (non-hydrogen) atoms. The maximum absolute atomic E-state index is 6.80. The summed E-state index contributed by atoms with van der Waals surface area (Å²) in [4.78, 5) is 4.79. The van der Waals surface area contributed by atoms with E-state index in [0.717, 1.165) is 79.1 Å². The summed E-state index contributed by atoms with van der Waals surface area (Å²) in [7, 11) is 0. The Labute approximate surface area is 296 Å². The smallest absolute Gasteiger partial charge is 0.260 e. The lowest BCUT2D eigenvalue weighted by atomic mass is 9.34. The molecule has 0 unspecified atom stereocenters. The van der Waals surface area contributed by atoms with Crippen LogP contribution >= 0.6 is 0 Å². The Bertz CT molecular complexity index is 2620. The van der Waals surface area contributed by atoms with Crippen molar-refractivity contribution in [3.8, 4) is 34.1 Å². The lowest BCUT2D eigenvalue weighted by Crippen LogP contribution is -2.57. The third-order valence-electron chi connectivity index (χ3n) is 10.5. The second kappa shape index (κ2) is 10.9. The van der Waals surface area contributed by atoms with Gasteiger partial charge in [-0.3, -0.25) is 0 Å². The molecule has 4 nitrogen and oxygen atoms in total. The normalized spacial score (nSPS) is 12.9. The highest BCUT2D eigenvalue weighted by atomic mass is 16.5. The van der Waals surface area contributed by atoms with Crippen molar-refractivity contribution < 1.29 is 9.47 Å². The molecule has 3 aliphatic heterocycles. The molecule has 3 heterocycles. The number of benzene rings is 8. The molecule has 0 radical (unpaired) electrons. The summed E-state index contributed by atoms with van der Waals surface area (Å²) in [6.45, 7) is -0.0160. The molecule has 0 aliphatic carbocycles. The van der Waals surface area contributed by atoms with Gasteiger partial charge in [-0.2, -0.15) is 0 Å². The van der Waals surface area contributed by atoms with E-state index in [-0.39, 0.29) is 6.71 Å². The van der Waals surface area contributed by atoms with Crippen LogP contribution in [0.4, 0.5) is 34.1 Å². The Morgan fingerprint density at radius 1 is 0.451 bits per heavy atom. The minimum atomic E-state index is -0.0160. The minimum absolute atomic E-state index is 0.0160. The van der Waals surface area contributed by atoms with Crippen LogP contribution in [0.1, 0.15) is 0 Å². The van der Waals surface area contributed by atoms with E-state index < -0.39 is 0 Å². The van der Waals surface area contributed by atoms with E-state index in [1.54, 1.807) is 0 Å². The quantitative estimate of drug-likeness (QED) is 0.177. The van der Waals surface area contributed by atoms with Gasteiger partial charge < -0.3 is 19.3 Å². The number of fused-ring (bicyclic) bond motifs is 6. The molecule has 0 N–H and O–H groups in total. The predicted molar refractivity (Wildman–Crippen MR) is 210 cm³/mol. The van der Waals surface area contributed by atoms with E-state index in [1.807, 2.05) is 18.2 Å². The molecule has 0 bridgehead atoms. The highest BCUT2D eigenvalue weighted by Crippen LogP contribution is 2.54. The fourth-order valence-electron chi connectivity index (χ4n) is 8.36. The van der Waals surface area contributed by atoms with E-state index in [0.29, 0.717) is 0 Å². The second-order valence-corrected chi connectivity index (χ2v) is 13.3. The van der Waals surface area contributed by atoms with Gasteiger partial charge in [-0.05, 0) is 95.4 Å². The van der Waals surface area contributed by atoms with Crippen LogP contribution in [-0.4, -0.2) is 6.71 Å². The predicted octanol–water partition coefficient (Wildman–Crippen LogP) is 10.5. The number of para-hydroxylation sites is 4. The lowest BCUT2D eigenvalue weighted by Gasteiger charge is -2.38. The summed E-state index contributed by atoms with van der Waals surface area (Å²) >= 11 is 0. The van der Waals surface area contributed by atoms with Crippen LogP contribution in [0.3, 0.4) is 0 Å². The van der Waals surface area contributed by atoms with Crippen LogP contribution in [-0.2, 0) is 0 Å². The summed E-state index contributed by atoms with van der Waals surface area (Å²) in [6, 6.07) is 62.4. The average molecular weight is 653 g/mol. The molecular formula is C46H29BN2O2. The zero-order chi connectivity index (χ0) is 33.5. The Hall–Kier alpha value is -6.72. The van der Waals surface area contributed by atoms with Crippen LogP contribution in [0.15, 0.2) is 176 Å². The highest BCUT2D eigenvalue weighted by molar-refractivity contribution is 6.98. The molecular weight excluding hydrogens is 623 g/mol. The van der Waals surface area contributed by atoms with Crippen molar-refractivity contribution in [1.29, 1.82) is 0 Å². The molecule has 5 heteroatoms. The maximum Gasteiger partial charge on any atom is 0.260 e. The van der Waals surface area contributed by atoms with E-state index in [4.69, 9.17) is 9.47 Å². The summed E-state index contributed by atoms with van der Waals surface area (Å²) < 4.78 is 13.2. The minimum Gasteiger partial charge on any atom is -0.458 e. The van der Waals surface area contributed by atoms with Gasteiger partial charge in [-0.15, -0.1) is 0 Å². The molecule has 11 rings (SSSR count). The Morgan fingerprint density at radius 3 is 1.82 bits per heavy atom. The number of hydrogen-bond acceptors (Lipinski definition) is 4. The Morgan fingerprint density at radius 2 is 1.08 bits per heavy atom. The van der Waals surface area contributed by atoms with Gasteiger partial charge in [0.1, 0.15) is 23.0 Å². The third kappa shape index (κ3) is 4.15. The van der Waals surface area contributed by atoms with Crippen molar-refractivity contribution in [2.24, 2.45) is 0 Å². The Kier molecular flexibility index (Phi) is 6.01. The summed E-state index contributed by atoms with van der Waals surface area (Å²) in [5, 5.41) is 2.38. The number of nitrogens with zero attached hydrogens (tertiary/aromatic N) is 2. The first kappa shape index (κ1) is 28.2. The molecule has 0 amide bonds. The van der Waals surface area contributed by atoms with Crippen LogP contribution in [0, 0.1) is 0 Å². The van der Waals surface area contributed by atoms with Crippen LogP contribution in [0.25, 0.3) is 21.9 Å². The first-order valence-electron chi connectivity index (χ1n) is 17.4. The molecule has 8 aromatic rings. The molecule has 0 atom stereocenters. The fourth-order valence-corrected chi connectivity index (χ4v) is 8.36. The molecule has 0 saturated carbocycles.